The van der Waals surface area contributed by atoms with Gasteiger partial charge >= 0.3 is 0 Å². The van der Waals surface area contributed by atoms with Gasteiger partial charge in [0.1, 0.15) is 17.1 Å². The molecule has 1 fully saturated rings. The zero-order valence-electron chi connectivity index (χ0n) is 18.7. The van der Waals surface area contributed by atoms with Gasteiger partial charge in [-0.15, -0.1) is 11.3 Å². The molecule has 1 aliphatic rings. The van der Waals surface area contributed by atoms with Crippen molar-refractivity contribution in [3.63, 3.8) is 0 Å². The molecule has 8 nitrogen and oxygen atoms in total. The van der Waals surface area contributed by atoms with Crippen LogP contribution in [0.25, 0.3) is 10.2 Å². The summed E-state index contributed by atoms with van der Waals surface area (Å²) in [6.45, 7) is 4.39. The summed E-state index contributed by atoms with van der Waals surface area (Å²) < 4.78 is 6.61. The van der Waals surface area contributed by atoms with Crippen molar-refractivity contribution in [3.05, 3.63) is 50.3 Å². The number of rotatable bonds is 5. The number of methoxy groups -OCH3 is 1. The maximum atomic E-state index is 13.2. The van der Waals surface area contributed by atoms with Gasteiger partial charge in [0, 0.05) is 17.6 Å². The predicted octanol–water partition coefficient (Wildman–Crippen LogP) is 4.08. The van der Waals surface area contributed by atoms with Gasteiger partial charge in [0.25, 0.3) is 11.5 Å². The van der Waals surface area contributed by atoms with Crippen molar-refractivity contribution in [3.8, 4) is 5.75 Å². The summed E-state index contributed by atoms with van der Waals surface area (Å²) in [5, 5.41) is 3.61. The minimum Gasteiger partial charge on any atom is -0.495 e. The molecule has 33 heavy (non-hydrogen) atoms. The highest BCUT2D eigenvalue weighted by atomic mass is 35.5. The summed E-state index contributed by atoms with van der Waals surface area (Å²) in [6.07, 6.45) is 4.44. The van der Waals surface area contributed by atoms with E-state index in [0.717, 1.165) is 30.6 Å². The first kappa shape index (κ1) is 23.3. The van der Waals surface area contributed by atoms with Crippen molar-refractivity contribution < 1.29 is 14.3 Å². The molecule has 0 aliphatic carbocycles. The topological polar surface area (TPSA) is 93.5 Å². The number of thiophene rings is 1. The van der Waals surface area contributed by atoms with E-state index < -0.39 is 0 Å². The number of piperidine rings is 1. The second-order valence-electron chi connectivity index (χ2n) is 8.14. The predicted molar refractivity (Wildman–Crippen MR) is 130 cm³/mol. The van der Waals surface area contributed by atoms with Crippen LogP contribution >= 0.6 is 22.9 Å². The Labute approximate surface area is 200 Å². The van der Waals surface area contributed by atoms with Crippen LogP contribution in [0.3, 0.4) is 0 Å². The highest BCUT2D eigenvalue weighted by Crippen LogP contribution is 2.31. The Morgan fingerprint density at radius 1 is 1.33 bits per heavy atom. The summed E-state index contributed by atoms with van der Waals surface area (Å²) in [7, 11) is 1.50. The number of amides is 2. The van der Waals surface area contributed by atoms with Crippen LogP contribution in [0.2, 0.25) is 5.02 Å². The third kappa shape index (κ3) is 4.60. The number of ether oxygens (including phenoxy) is 1. The Morgan fingerprint density at radius 2 is 2.12 bits per heavy atom. The molecule has 1 atom stereocenters. The van der Waals surface area contributed by atoms with Gasteiger partial charge in [-0.2, -0.15) is 0 Å². The molecule has 3 aromatic rings. The van der Waals surface area contributed by atoms with Gasteiger partial charge in [0.05, 0.1) is 29.4 Å². The normalized spacial score (nSPS) is 16.1. The lowest BCUT2D eigenvalue weighted by molar-refractivity contribution is -0.135. The van der Waals surface area contributed by atoms with Gasteiger partial charge in [-0.1, -0.05) is 11.6 Å². The first-order valence-electron chi connectivity index (χ1n) is 10.7. The van der Waals surface area contributed by atoms with Gasteiger partial charge in [-0.3, -0.25) is 19.0 Å². The number of aryl methyl sites for hydroxylation is 1. The number of hydrogen-bond donors (Lipinski definition) is 1. The molecule has 2 aromatic heterocycles. The van der Waals surface area contributed by atoms with Crippen LogP contribution in [0.5, 0.6) is 5.75 Å². The van der Waals surface area contributed by atoms with E-state index in [9.17, 15) is 14.4 Å². The molecule has 1 aromatic carbocycles. The highest BCUT2D eigenvalue weighted by molar-refractivity contribution is 7.20. The monoisotopic (exact) mass is 488 g/mol. The zero-order chi connectivity index (χ0) is 23.7. The largest absolute Gasteiger partial charge is 0.495 e. The summed E-state index contributed by atoms with van der Waals surface area (Å²) in [6, 6.07) is 5.09. The average molecular weight is 489 g/mol. The lowest BCUT2D eigenvalue weighted by Gasteiger charge is -2.33. The van der Waals surface area contributed by atoms with E-state index in [1.165, 1.54) is 18.0 Å². The Morgan fingerprint density at radius 3 is 2.85 bits per heavy atom. The molecule has 10 heteroatoms. The second kappa shape index (κ2) is 9.52. The number of benzene rings is 1. The molecule has 4 rings (SSSR count). The molecule has 2 amide bonds. The Balaban J connectivity index is 1.62. The van der Waals surface area contributed by atoms with E-state index in [0.29, 0.717) is 43.7 Å². The SMILES string of the molecule is COc1ccc(Cl)cc1NC(=O)c1sc2ncn(CC(=O)N3CCCCC3C)c(=O)c2c1C. The van der Waals surface area contributed by atoms with Crippen LogP contribution in [0.4, 0.5) is 5.69 Å². The van der Waals surface area contributed by atoms with Crippen LogP contribution < -0.4 is 15.6 Å². The number of likely N-dealkylation sites (tertiary alicyclic amines) is 1. The van der Waals surface area contributed by atoms with Crippen molar-refractivity contribution in [1.29, 1.82) is 0 Å². The molecule has 0 saturated carbocycles. The highest BCUT2D eigenvalue weighted by Gasteiger charge is 2.25. The van der Waals surface area contributed by atoms with E-state index in [1.807, 2.05) is 11.8 Å². The first-order valence-corrected chi connectivity index (χ1v) is 11.9. The van der Waals surface area contributed by atoms with E-state index in [2.05, 4.69) is 10.3 Å². The lowest BCUT2D eigenvalue weighted by atomic mass is 10.0. The van der Waals surface area contributed by atoms with Gasteiger partial charge in [-0.05, 0) is 56.9 Å². The maximum absolute atomic E-state index is 13.2. The maximum Gasteiger partial charge on any atom is 0.266 e. The van der Waals surface area contributed by atoms with Crippen LogP contribution in [0.1, 0.15) is 41.4 Å². The van der Waals surface area contributed by atoms with Crippen molar-refractivity contribution >= 4 is 50.7 Å². The van der Waals surface area contributed by atoms with Crippen molar-refractivity contribution in [2.24, 2.45) is 0 Å². The summed E-state index contributed by atoms with van der Waals surface area (Å²) >= 11 is 7.19. The van der Waals surface area contributed by atoms with E-state index in [4.69, 9.17) is 16.3 Å². The summed E-state index contributed by atoms with van der Waals surface area (Å²) in [5.41, 5.74) is 0.628. The fourth-order valence-corrected chi connectivity index (χ4v) is 5.36. The number of fused-ring (bicyclic) bond motifs is 1. The molecule has 1 N–H and O–H groups in total. The zero-order valence-corrected chi connectivity index (χ0v) is 20.3. The molecule has 0 bridgehead atoms. The first-order chi connectivity index (χ1) is 15.8. The molecule has 1 unspecified atom stereocenters. The third-order valence-electron chi connectivity index (χ3n) is 5.96. The lowest BCUT2D eigenvalue weighted by Crippen LogP contribution is -2.44. The molecule has 3 heterocycles. The van der Waals surface area contributed by atoms with Crippen LogP contribution in [0.15, 0.2) is 29.3 Å². The third-order valence-corrected chi connectivity index (χ3v) is 7.40. The van der Waals surface area contributed by atoms with Crippen molar-refractivity contribution in [1.82, 2.24) is 14.5 Å². The number of halogens is 1. The number of carbonyl (C=O) groups is 2. The molecule has 1 saturated heterocycles. The van der Waals surface area contributed by atoms with E-state index >= 15 is 0 Å². The number of nitrogens with one attached hydrogen (secondary N) is 1. The fourth-order valence-electron chi connectivity index (χ4n) is 4.15. The number of carbonyl (C=O) groups excluding carboxylic acids is 2. The van der Waals surface area contributed by atoms with E-state index in [-0.39, 0.29) is 30.0 Å². The molecule has 174 valence electrons. The molecule has 1 aliphatic heterocycles. The van der Waals surface area contributed by atoms with E-state index in [1.54, 1.807) is 25.1 Å². The van der Waals surface area contributed by atoms with Crippen LogP contribution in [0, 0.1) is 6.92 Å². The Hall–Kier alpha value is -2.91. The quantitative estimate of drug-likeness (QED) is 0.584. The van der Waals surface area contributed by atoms with Crippen molar-refractivity contribution in [2.45, 2.75) is 45.7 Å². The number of anilines is 1. The van der Waals surface area contributed by atoms with Crippen molar-refractivity contribution in [2.75, 3.05) is 19.0 Å². The summed E-state index contributed by atoms with van der Waals surface area (Å²) in [5.74, 6) is -0.0120. The number of aromatic nitrogens is 2. The van der Waals surface area contributed by atoms with Gasteiger partial charge in [0.15, 0.2) is 0 Å². The molecule has 0 radical (unpaired) electrons. The minimum atomic E-state index is -0.389. The molecule has 0 spiro atoms. The second-order valence-corrected chi connectivity index (χ2v) is 9.58. The number of nitrogens with zero attached hydrogens (tertiary/aromatic N) is 3. The van der Waals surface area contributed by atoms with Gasteiger partial charge < -0.3 is 15.0 Å². The fraction of sp³-hybridized carbons (Fsp3) is 0.391. The van der Waals surface area contributed by atoms with Gasteiger partial charge in [0.2, 0.25) is 5.91 Å². The number of hydrogen-bond acceptors (Lipinski definition) is 6. The summed E-state index contributed by atoms with van der Waals surface area (Å²) in [4.78, 5) is 46.0. The minimum absolute atomic E-state index is 0.0668. The molecular formula is C23H25ClN4O4S. The standard InChI is InChI=1S/C23H25ClN4O4S/c1-13-6-4-5-9-28(13)18(29)11-27-12-25-22-19(23(27)31)14(2)20(33-22)21(30)26-16-10-15(24)7-8-17(16)32-3/h7-8,10,12-13H,4-6,9,11H2,1-3H3,(H,26,30). The Bertz CT molecular complexity index is 1290. The van der Waals surface area contributed by atoms with Crippen LogP contribution in [-0.2, 0) is 11.3 Å². The molecular weight excluding hydrogens is 464 g/mol. The van der Waals surface area contributed by atoms with Gasteiger partial charge in [-0.25, -0.2) is 4.98 Å². The Kier molecular flexibility index (Phi) is 6.71. The average Bonchev–Trinajstić information content (AvgIpc) is 3.13. The smallest absolute Gasteiger partial charge is 0.266 e. The van der Waals surface area contributed by atoms with Crippen LogP contribution in [-0.4, -0.2) is 46.0 Å².